The van der Waals surface area contributed by atoms with Gasteiger partial charge in [0, 0.05) is 24.3 Å². The SMILES string of the molecule is CCN(c1nc(Cl)ncc1C)C1CCCC1. The summed E-state index contributed by atoms with van der Waals surface area (Å²) >= 11 is 5.88. The normalized spacial score (nSPS) is 16.7. The molecule has 16 heavy (non-hydrogen) atoms. The Bertz CT molecular complexity index is 361. The van der Waals surface area contributed by atoms with Gasteiger partial charge in [0.1, 0.15) is 5.82 Å². The van der Waals surface area contributed by atoms with E-state index < -0.39 is 0 Å². The molecule has 1 aliphatic rings. The molecule has 1 aliphatic carbocycles. The molecular weight excluding hydrogens is 222 g/mol. The van der Waals surface area contributed by atoms with Crippen LogP contribution in [0.4, 0.5) is 5.82 Å². The number of halogens is 1. The van der Waals surface area contributed by atoms with Crippen LogP contribution in [0.2, 0.25) is 5.28 Å². The molecule has 0 N–H and O–H groups in total. The van der Waals surface area contributed by atoms with E-state index in [4.69, 9.17) is 11.6 Å². The molecule has 2 rings (SSSR count). The fourth-order valence-corrected chi connectivity index (χ4v) is 2.63. The summed E-state index contributed by atoms with van der Waals surface area (Å²) in [5.41, 5.74) is 1.11. The molecule has 1 heterocycles. The zero-order valence-corrected chi connectivity index (χ0v) is 10.7. The average Bonchev–Trinajstić information content (AvgIpc) is 2.78. The number of nitrogens with zero attached hydrogens (tertiary/aromatic N) is 3. The Morgan fingerprint density at radius 2 is 2.12 bits per heavy atom. The first-order valence-electron chi connectivity index (χ1n) is 5.98. The lowest BCUT2D eigenvalue weighted by Gasteiger charge is -2.29. The molecule has 1 saturated carbocycles. The summed E-state index contributed by atoms with van der Waals surface area (Å²) in [6.07, 6.45) is 7.02. The average molecular weight is 240 g/mol. The summed E-state index contributed by atoms with van der Waals surface area (Å²) in [5.74, 6) is 1.01. The molecule has 1 aromatic rings. The highest BCUT2D eigenvalue weighted by Gasteiger charge is 2.23. The third-order valence-electron chi connectivity index (χ3n) is 3.29. The molecule has 3 nitrogen and oxygen atoms in total. The van der Waals surface area contributed by atoms with Gasteiger partial charge in [0.25, 0.3) is 0 Å². The smallest absolute Gasteiger partial charge is 0.224 e. The van der Waals surface area contributed by atoms with Crippen molar-refractivity contribution in [1.82, 2.24) is 9.97 Å². The minimum atomic E-state index is 0.344. The molecule has 0 bridgehead atoms. The van der Waals surface area contributed by atoms with Crippen LogP contribution in [0.1, 0.15) is 38.2 Å². The molecule has 0 unspecified atom stereocenters. The summed E-state index contributed by atoms with van der Waals surface area (Å²) in [7, 11) is 0. The fraction of sp³-hybridized carbons (Fsp3) is 0.667. The van der Waals surface area contributed by atoms with Crippen molar-refractivity contribution in [2.75, 3.05) is 11.4 Å². The van der Waals surface area contributed by atoms with Crippen molar-refractivity contribution in [1.29, 1.82) is 0 Å². The lowest BCUT2D eigenvalue weighted by atomic mass is 10.2. The van der Waals surface area contributed by atoms with Crippen LogP contribution >= 0.6 is 11.6 Å². The number of aromatic nitrogens is 2. The Morgan fingerprint density at radius 3 is 2.75 bits per heavy atom. The molecule has 88 valence electrons. The van der Waals surface area contributed by atoms with Crippen LogP contribution in [-0.4, -0.2) is 22.6 Å². The molecule has 4 heteroatoms. The first-order valence-corrected chi connectivity index (χ1v) is 6.36. The number of hydrogen-bond donors (Lipinski definition) is 0. The minimum absolute atomic E-state index is 0.344. The van der Waals surface area contributed by atoms with Gasteiger partial charge in [-0.2, -0.15) is 0 Å². The van der Waals surface area contributed by atoms with Gasteiger partial charge in [0.15, 0.2) is 0 Å². The van der Waals surface area contributed by atoms with E-state index in [-0.39, 0.29) is 0 Å². The van der Waals surface area contributed by atoms with Gasteiger partial charge in [-0.15, -0.1) is 0 Å². The van der Waals surface area contributed by atoms with Crippen LogP contribution in [0, 0.1) is 6.92 Å². The van der Waals surface area contributed by atoms with Gasteiger partial charge in [-0.3, -0.25) is 0 Å². The van der Waals surface area contributed by atoms with Gasteiger partial charge in [-0.1, -0.05) is 12.8 Å². The van der Waals surface area contributed by atoms with Crippen LogP contribution in [0.25, 0.3) is 0 Å². The highest BCUT2D eigenvalue weighted by Crippen LogP contribution is 2.28. The van der Waals surface area contributed by atoms with Crippen LogP contribution < -0.4 is 4.90 Å². The Balaban J connectivity index is 2.28. The standard InChI is InChI=1S/C12H18ClN3/c1-3-16(10-6-4-5-7-10)11-9(2)8-14-12(13)15-11/h8,10H,3-7H2,1-2H3. The predicted molar refractivity (Wildman–Crippen MR) is 67.1 cm³/mol. The number of rotatable bonds is 3. The topological polar surface area (TPSA) is 29.0 Å². The van der Waals surface area contributed by atoms with Crippen LogP contribution in [0.15, 0.2) is 6.20 Å². The van der Waals surface area contributed by atoms with Gasteiger partial charge in [-0.25, -0.2) is 9.97 Å². The lowest BCUT2D eigenvalue weighted by molar-refractivity contribution is 0.611. The van der Waals surface area contributed by atoms with Crippen molar-refractivity contribution < 1.29 is 0 Å². The van der Waals surface area contributed by atoms with E-state index >= 15 is 0 Å². The van der Waals surface area contributed by atoms with E-state index in [0.29, 0.717) is 11.3 Å². The number of hydrogen-bond acceptors (Lipinski definition) is 3. The fourth-order valence-electron chi connectivity index (χ4n) is 2.50. The molecule has 0 aliphatic heterocycles. The molecule has 0 amide bonds. The molecular formula is C12H18ClN3. The minimum Gasteiger partial charge on any atom is -0.354 e. The molecule has 0 aromatic carbocycles. The van der Waals surface area contributed by atoms with Crippen LogP contribution in [0.5, 0.6) is 0 Å². The van der Waals surface area contributed by atoms with Crippen molar-refractivity contribution >= 4 is 17.4 Å². The maximum Gasteiger partial charge on any atom is 0.224 e. The maximum atomic E-state index is 5.88. The van der Waals surface area contributed by atoms with Crippen molar-refractivity contribution in [2.45, 2.75) is 45.6 Å². The molecule has 1 fully saturated rings. The monoisotopic (exact) mass is 239 g/mol. The quantitative estimate of drug-likeness (QED) is 0.759. The molecule has 0 atom stereocenters. The summed E-state index contributed by atoms with van der Waals surface area (Å²) in [6, 6.07) is 0.634. The Hall–Kier alpha value is -0.830. The van der Waals surface area contributed by atoms with Crippen LogP contribution in [0.3, 0.4) is 0 Å². The van der Waals surface area contributed by atoms with Crippen LogP contribution in [-0.2, 0) is 0 Å². The molecule has 0 spiro atoms. The Labute approximate surface area is 102 Å². The van der Waals surface area contributed by atoms with E-state index in [1.54, 1.807) is 0 Å². The summed E-state index contributed by atoms with van der Waals surface area (Å²) in [6.45, 7) is 5.20. The number of anilines is 1. The Kier molecular flexibility index (Phi) is 3.64. The second-order valence-electron chi connectivity index (χ2n) is 4.37. The van der Waals surface area contributed by atoms with E-state index in [0.717, 1.165) is 17.9 Å². The van der Waals surface area contributed by atoms with Crippen molar-refractivity contribution in [3.63, 3.8) is 0 Å². The lowest BCUT2D eigenvalue weighted by Crippen LogP contribution is -2.34. The number of aryl methyl sites for hydroxylation is 1. The maximum absolute atomic E-state index is 5.88. The zero-order chi connectivity index (χ0) is 11.5. The first-order chi connectivity index (χ1) is 7.72. The van der Waals surface area contributed by atoms with Gasteiger partial charge >= 0.3 is 0 Å². The zero-order valence-electron chi connectivity index (χ0n) is 9.91. The summed E-state index contributed by atoms with van der Waals surface area (Å²) in [5, 5.41) is 0.344. The van der Waals surface area contributed by atoms with Gasteiger partial charge in [0.2, 0.25) is 5.28 Å². The van der Waals surface area contributed by atoms with Crippen molar-refractivity contribution in [3.8, 4) is 0 Å². The summed E-state index contributed by atoms with van der Waals surface area (Å²) in [4.78, 5) is 10.7. The summed E-state index contributed by atoms with van der Waals surface area (Å²) < 4.78 is 0. The van der Waals surface area contributed by atoms with Gasteiger partial charge < -0.3 is 4.90 Å². The largest absolute Gasteiger partial charge is 0.354 e. The second kappa shape index (κ2) is 5.00. The highest BCUT2D eigenvalue weighted by atomic mass is 35.5. The second-order valence-corrected chi connectivity index (χ2v) is 4.71. The van der Waals surface area contributed by atoms with Crippen molar-refractivity contribution in [3.05, 3.63) is 17.0 Å². The van der Waals surface area contributed by atoms with E-state index in [1.165, 1.54) is 25.7 Å². The van der Waals surface area contributed by atoms with Gasteiger partial charge in [-0.05, 0) is 38.3 Å². The van der Waals surface area contributed by atoms with E-state index in [1.807, 2.05) is 13.1 Å². The third kappa shape index (κ3) is 2.29. The molecule has 0 saturated heterocycles. The molecule has 1 aromatic heterocycles. The van der Waals surface area contributed by atoms with Crippen molar-refractivity contribution in [2.24, 2.45) is 0 Å². The van der Waals surface area contributed by atoms with Gasteiger partial charge in [0.05, 0.1) is 0 Å². The predicted octanol–water partition coefficient (Wildman–Crippen LogP) is 3.21. The Morgan fingerprint density at radius 1 is 1.44 bits per heavy atom. The molecule has 0 radical (unpaired) electrons. The van der Waals surface area contributed by atoms with E-state index in [2.05, 4.69) is 21.8 Å². The highest BCUT2D eigenvalue weighted by molar-refractivity contribution is 6.28. The van der Waals surface area contributed by atoms with E-state index in [9.17, 15) is 0 Å². The third-order valence-corrected chi connectivity index (χ3v) is 3.48. The first kappa shape index (κ1) is 11.6.